The lowest BCUT2D eigenvalue weighted by molar-refractivity contribution is -0.156. The van der Waals surface area contributed by atoms with Gasteiger partial charge in [0.1, 0.15) is 6.10 Å². The van der Waals surface area contributed by atoms with Crippen molar-refractivity contribution in [1.82, 2.24) is 0 Å². The number of carboxylic acid groups (broad SMARTS) is 1. The summed E-state index contributed by atoms with van der Waals surface area (Å²) in [7, 11) is 0. The molecule has 0 radical (unpaired) electrons. The fourth-order valence-electron chi connectivity index (χ4n) is 2.86. The summed E-state index contributed by atoms with van der Waals surface area (Å²) in [6.45, 7) is 6.54. The minimum Gasteiger partial charge on any atom is -0.481 e. The Bertz CT molecular complexity index is 311. The number of ether oxygens (including phenoxy) is 1. The molecule has 0 aliphatic heterocycles. The van der Waals surface area contributed by atoms with Gasteiger partial charge in [-0.15, -0.1) is 0 Å². The van der Waals surface area contributed by atoms with Gasteiger partial charge in [0.05, 0.1) is 0 Å². The van der Waals surface area contributed by atoms with Crippen LogP contribution in [0, 0.1) is 17.8 Å². The van der Waals surface area contributed by atoms with Gasteiger partial charge in [-0.2, -0.15) is 0 Å². The monoisotopic (exact) mass is 270 g/mol. The molecule has 0 bridgehead atoms. The van der Waals surface area contributed by atoms with Crippen LogP contribution >= 0.6 is 0 Å². The van der Waals surface area contributed by atoms with E-state index in [1.807, 2.05) is 0 Å². The SMILES string of the molecule is CC(C)[C@@H]1CC[C@@H](C)C[C@H]1OC(=O)CCCC(=O)O. The predicted octanol–water partition coefficient (Wildman–Crippen LogP) is 3.25. The van der Waals surface area contributed by atoms with E-state index in [0.29, 0.717) is 24.2 Å². The van der Waals surface area contributed by atoms with Crippen molar-refractivity contribution in [3.63, 3.8) is 0 Å². The summed E-state index contributed by atoms with van der Waals surface area (Å²) >= 11 is 0. The van der Waals surface area contributed by atoms with E-state index in [-0.39, 0.29) is 24.9 Å². The van der Waals surface area contributed by atoms with Gasteiger partial charge in [-0.1, -0.05) is 27.2 Å². The molecule has 110 valence electrons. The maximum atomic E-state index is 11.8. The van der Waals surface area contributed by atoms with Crippen LogP contribution in [0.1, 0.15) is 59.3 Å². The van der Waals surface area contributed by atoms with Gasteiger partial charge in [-0.25, -0.2) is 0 Å². The van der Waals surface area contributed by atoms with Crippen molar-refractivity contribution in [2.45, 2.75) is 65.4 Å². The molecule has 4 nitrogen and oxygen atoms in total. The number of aliphatic carboxylic acids is 1. The Morgan fingerprint density at radius 3 is 2.53 bits per heavy atom. The Morgan fingerprint density at radius 1 is 1.26 bits per heavy atom. The van der Waals surface area contributed by atoms with Gasteiger partial charge < -0.3 is 9.84 Å². The Morgan fingerprint density at radius 2 is 1.95 bits per heavy atom. The molecule has 1 aliphatic carbocycles. The number of carbonyl (C=O) groups is 2. The van der Waals surface area contributed by atoms with Crippen LogP contribution in [0.25, 0.3) is 0 Å². The van der Waals surface area contributed by atoms with Gasteiger partial charge in [-0.3, -0.25) is 9.59 Å². The van der Waals surface area contributed by atoms with Crippen LogP contribution < -0.4 is 0 Å². The average molecular weight is 270 g/mol. The smallest absolute Gasteiger partial charge is 0.306 e. The van der Waals surface area contributed by atoms with Crippen LogP contribution in [0.4, 0.5) is 0 Å². The van der Waals surface area contributed by atoms with Gasteiger partial charge in [0.2, 0.25) is 0 Å². The third-order valence-electron chi connectivity index (χ3n) is 4.02. The summed E-state index contributed by atoms with van der Waals surface area (Å²) in [6.07, 6.45) is 3.88. The van der Waals surface area contributed by atoms with E-state index in [1.165, 1.54) is 6.42 Å². The Hall–Kier alpha value is -1.06. The second-order valence-corrected chi connectivity index (χ2v) is 6.10. The zero-order valence-corrected chi connectivity index (χ0v) is 12.2. The van der Waals surface area contributed by atoms with Crippen molar-refractivity contribution in [2.75, 3.05) is 0 Å². The summed E-state index contributed by atoms with van der Waals surface area (Å²) in [5, 5.41) is 8.55. The molecular weight excluding hydrogens is 244 g/mol. The molecule has 1 N–H and O–H groups in total. The maximum absolute atomic E-state index is 11.8. The summed E-state index contributed by atoms with van der Waals surface area (Å²) in [4.78, 5) is 22.2. The van der Waals surface area contributed by atoms with E-state index in [9.17, 15) is 9.59 Å². The second kappa shape index (κ2) is 7.51. The molecule has 4 heteroatoms. The van der Waals surface area contributed by atoms with E-state index < -0.39 is 5.97 Å². The topological polar surface area (TPSA) is 63.6 Å². The third kappa shape index (κ3) is 5.62. The van der Waals surface area contributed by atoms with Crippen molar-refractivity contribution < 1.29 is 19.4 Å². The number of carbonyl (C=O) groups excluding carboxylic acids is 1. The van der Waals surface area contributed by atoms with Gasteiger partial charge >= 0.3 is 11.9 Å². The summed E-state index contributed by atoms with van der Waals surface area (Å²) < 4.78 is 5.59. The number of rotatable bonds is 6. The van der Waals surface area contributed by atoms with E-state index in [1.54, 1.807) is 0 Å². The molecular formula is C15H26O4. The molecule has 19 heavy (non-hydrogen) atoms. The number of carboxylic acids is 1. The van der Waals surface area contributed by atoms with Crippen LogP contribution in [0.3, 0.4) is 0 Å². The zero-order valence-electron chi connectivity index (χ0n) is 12.2. The van der Waals surface area contributed by atoms with Crippen LogP contribution in [0.2, 0.25) is 0 Å². The minimum atomic E-state index is -0.862. The maximum Gasteiger partial charge on any atom is 0.306 e. The van der Waals surface area contributed by atoms with Gasteiger partial charge in [0.15, 0.2) is 0 Å². The molecule has 1 rings (SSSR count). The Kier molecular flexibility index (Phi) is 6.32. The Labute approximate surface area is 115 Å². The van der Waals surface area contributed by atoms with Crippen molar-refractivity contribution in [2.24, 2.45) is 17.8 Å². The highest BCUT2D eigenvalue weighted by Gasteiger charge is 2.33. The lowest BCUT2D eigenvalue weighted by atomic mass is 9.75. The molecule has 0 amide bonds. The highest BCUT2D eigenvalue weighted by molar-refractivity contribution is 5.71. The van der Waals surface area contributed by atoms with Crippen LogP contribution in [0.15, 0.2) is 0 Å². The molecule has 0 unspecified atom stereocenters. The minimum absolute atomic E-state index is 0.0149. The molecule has 1 fully saturated rings. The summed E-state index contributed by atoms with van der Waals surface area (Å²) in [5.41, 5.74) is 0. The fourth-order valence-corrected chi connectivity index (χ4v) is 2.86. The van der Waals surface area contributed by atoms with E-state index in [4.69, 9.17) is 9.84 Å². The summed E-state index contributed by atoms with van der Waals surface area (Å²) in [6, 6.07) is 0. The average Bonchev–Trinajstić information content (AvgIpc) is 2.27. The second-order valence-electron chi connectivity index (χ2n) is 6.10. The first-order chi connectivity index (χ1) is 8.90. The van der Waals surface area contributed by atoms with Gasteiger partial charge in [-0.05, 0) is 37.0 Å². The first-order valence-electron chi connectivity index (χ1n) is 7.31. The molecule has 1 saturated carbocycles. The summed E-state index contributed by atoms with van der Waals surface area (Å²) in [5.74, 6) is 0.459. The van der Waals surface area contributed by atoms with Crippen LogP contribution in [-0.4, -0.2) is 23.1 Å². The first-order valence-corrected chi connectivity index (χ1v) is 7.31. The Balaban J connectivity index is 2.42. The first kappa shape index (κ1) is 16.0. The standard InChI is InChI=1S/C15H26O4/c1-10(2)12-8-7-11(3)9-13(12)19-15(18)6-4-5-14(16)17/h10-13H,4-9H2,1-3H3,(H,16,17)/t11-,12+,13-/m1/s1. The highest BCUT2D eigenvalue weighted by atomic mass is 16.5. The normalized spacial score (nSPS) is 27.3. The van der Waals surface area contributed by atoms with E-state index >= 15 is 0 Å². The highest BCUT2D eigenvalue weighted by Crippen LogP contribution is 2.35. The molecule has 0 aromatic rings. The molecule has 0 aromatic heterocycles. The van der Waals surface area contributed by atoms with E-state index in [2.05, 4.69) is 20.8 Å². The molecule has 0 heterocycles. The lowest BCUT2D eigenvalue weighted by Crippen LogP contribution is -2.35. The van der Waals surface area contributed by atoms with Gasteiger partial charge in [0, 0.05) is 12.8 Å². The largest absolute Gasteiger partial charge is 0.481 e. The van der Waals surface area contributed by atoms with E-state index in [0.717, 1.165) is 12.8 Å². The van der Waals surface area contributed by atoms with Crippen molar-refractivity contribution in [1.29, 1.82) is 0 Å². The van der Waals surface area contributed by atoms with Crippen molar-refractivity contribution >= 4 is 11.9 Å². The zero-order chi connectivity index (χ0) is 14.4. The lowest BCUT2D eigenvalue weighted by Gasteiger charge is -2.36. The number of hydrogen-bond acceptors (Lipinski definition) is 3. The molecule has 0 saturated heterocycles. The van der Waals surface area contributed by atoms with Crippen LogP contribution in [-0.2, 0) is 14.3 Å². The molecule has 3 atom stereocenters. The van der Waals surface area contributed by atoms with Crippen LogP contribution in [0.5, 0.6) is 0 Å². The third-order valence-corrected chi connectivity index (χ3v) is 4.02. The molecule has 0 aromatic carbocycles. The van der Waals surface area contributed by atoms with Crippen molar-refractivity contribution in [3.05, 3.63) is 0 Å². The molecule has 0 spiro atoms. The fraction of sp³-hybridized carbons (Fsp3) is 0.867. The number of esters is 1. The van der Waals surface area contributed by atoms with Crippen molar-refractivity contribution in [3.8, 4) is 0 Å². The predicted molar refractivity (Wildman–Crippen MR) is 72.7 cm³/mol. The van der Waals surface area contributed by atoms with Gasteiger partial charge in [0.25, 0.3) is 0 Å². The number of hydrogen-bond donors (Lipinski definition) is 1. The molecule has 1 aliphatic rings. The quantitative estimate of drug-likeness (QED) is 0.752.